The van der Waals surface area contributed by atoms with Crippen molar-refractivity contribution in [2.45, 2.75) is 51.1 Å². The van der Waals surface area contributed by atoms with Gasteiger partial charge in [0.1, 0.15) is 23.9 Å². The minimum Gasteiger partial charge on any atom is -0.352 e. The maximum absolute atomic E-state index is 13.4. The van der Waals surface area contributed by atoms with E-state index in [1.54, 1.807) is 13.1 Å². The summed E-state index contributed by atoms with van der Waals surface area (Å²) in [6.07, 6.45) is 2.28. The first-order chi connectivity index (χ1) is 15.1. The normalized spacial score (nSPS) is 19.3. The smallest absolute Gasteiger partial charge is 0.352 e. The molecule has 0 amide bonds. The van der Waals surface area contributed by atoms with Crippen LogP contribution in [0.15, 0.2) is 35.3 Å². The highest BCUT2D eigenvalue weighted by molar-refractivity contribution is 5.88. The van der Waals surface area contributed by atoms with Crippen LogP contribution in [0.5, 0.6) is 0 Å². The molecule has 166 valence electrons. The van der Waals surface area contributed by atoms with E-state index in [1.165, 1.54) is 29.7 Å². The van der Waals surface area contributed by atoms with Crippen LogP contribution < -0.4 is 10.9 Å². The monoisotopic (exact) mass is 444 g/mol. The zero-order valence-corrected chi connectivity index (χ0v) is 17.4. The second-order valence-electron chi connectivity index (χ2n) is 7.92. The number of alkyl halides is 4. The van der Waals surface area contributed by atoms with Gasteiger partial charge in [0, 0.05) is 18.3 Å². The van der Waals surface area contributed by atoms with Gasteiger partial charge in [-0.1, -0.05) is 18.1 Å². The summed E-state index contributed by atoms with van der Waals surface area (Å²) < 4.78 is 54.9. The van der Waals surface area contributed by atoms with Crippen LogP contribution in [0.1, 0.15) is 47.4 Å². The van der Waals surface area contributed by atoms with Crippen LogP contribution in [0, 0.1) is 26.2 Å². The summed E-state index contributed by atoms with van der Waals surface area (Å²) in [4.78, 5) is 21.2. The van der Waals surface area contributed by atoms with E-state index in [9.17, 15) is 22.4 Å². The van der Waals surface area contributed by atoms with Gasteiger partial charge in [-0.05, 0) is 43.9 Å². The Kier molecular flexibility index (Phi) is 5.41. The van der Waals surface area contributed by atoms with Crippen molar-refractivity contribution >= 4 is 16.7 Å². The van der Waals surface area contributed by atoms with Crippen molar-refractivity contribution in [3.8, 4) is 12.3 Å². The van der Waals surface area contributed by atoms with Crippen LogP contribution >= 0.6 is 0 Å². The molecule has 1 fully saturated rings. The highest BCUT2D eigenvalue weighted by Gasteiger charge is 2.34. The van der Waals surface area contributed by atoms with Crippen molar-refractivity contribution in [3.05, 3.63) is 63.3 Å². The van der Waals surface area contributed by atoms with Gasteiger partial charge in [0.05, 0.1) is 16.5 Å². The van der Waals surface area contributed by atoms with Crippen molar-refractivity contribution in [1.29, 1.82) is 0 Å². The number of halogens is 4. The molecule has 32 heavy (non-hydrogen) atoms. The van der Waals surface area contributed by atoms with Crippen LogP contribution in [-0.4, -0.2) is 20.7 Å². The number of aryl methyl sites for hydroxylation is 1. The third kappa shape index (κ3) is 3.93. The molecule has 1 aliphatic carbocycles. The van der Waals surface area contributed by atoms with Crippen LogP contribution in [0.2, 0.25) is 0 Å². The molecule has 1 aliphatic rings. The molecule has 0 bridgehead atoms. The van der Waals surface area contributed by atoms with Crippen molar-refractivity contribution in [2.75, 3.05) is 5.32 Å². The average Bonchev–Trinajstić information content (AvgIpc) is 2.68. The van der Waals surface area contributed by atoms with Gasteiger partial charge in [-0.25, -0.2) is 14.4 Å². The minimum absolute atomic E-state index is 0.0193. The average molecular weight is 444 g/mol. The second kappa shape index (κ2) is 7.93. The Morgan fingerprint density at radius 1 is 1.25 bits per heavy atom. The summed E-state index contributed by atoms with van der Waals surface area (Å²) in [5.74, 6) is 3.14. The fourth-order valence-electron chi connectivity index (χ4n) is 4.00. The number of terminal acetylenes is 1. The highest BCUT2D eigenvalue weighted by atomic mass is 19.4. The first-order valence-corrected chi connectivity index (χ1v) is 10.0. The molecule has 0 aliphatic heterocycles. The van der Waals surface area contributed by atoms with Gasteiger partial charge in [-0.3, -0.25) is 4.79 Å². The lowest BCUT2D eigenvalue weighted by Crippen LogP contribution is -2.34. The van der Waals surface area contributed by atoms with E-state index in [4.69, 9.17) is 6.42 Å². The molecular weight excluding hydrogens is 424 g/mol. The quantitative estimate of drug-likeness (QED) is 0.460. The lowest BCUT2D eigenvalue weighted by atomic mass is 9.90. The Morgan fingerprint density at radius 2 is 1.97 bits per heavy atom. The summed E-state index contributed by atoms with van der Waals surface area (Å²) >= 11 is 0. The topological polar surface area (TPSA) is 59.8 Å². The van der Waals surface area contributed by atoms with Crippen molar-refractivity contribution in [2.24, 2.45) is 0 Å². The molecule has 5 nitrogen and oxygen atoms in total. The molecule has 0 spiro atoms. The largest absolute Gasteiger partial charge is 0.416 e. The number of nitrogens with zero attached hydrogens (tertiary/aromatic N) is 3. The fourth-order valence-corrected chi connectivity index (χ4v) is 4.00. The number of aromatic nitrogens is 3. The first kappa shape index (κ1) is 21.8. The number of fused-ring (bicyclic) bond motifs is 1. The van der Waals surface area contributed by atoms with Crippen LogP contribution in [-0.2, 0) is 6.18 Å². The number of benzene rings is 1. The molecule has 0 radical (unpaired) electrons. The number of pyridine rings is 1. The Morgan fingerprint density at radius 3 is 2.59 bits per heavy atom. The lowest BCUT2D eigenvalue weighted by Gasteiger charge is -2.31. The highest BCUT2D eigenvalue weighted by Crippen LogP contribution is 2.36. The molecule has 4 rings (SSSR count). The molecular formula is C23H20F4N4O. The number of hydrogen-bond donors (Lipinski definition) is 1. The summed E-state index contributed by atoms with van der Waals surface area (Å²) in [5.41, 5.74) is -0.389. The Hall–Kier alpha value is -3.41. The fraction of sp³-hybridized carbons (Fsp3) is 0.348. The molecule has 2 heterocycles. The van der Waals surface area contributed by atoms with Crippen LogP contribution in [0.4, 0.5) is 23.4 Å². The minimum atomic E-state index is -4.51. The van der Waals surface area contributed by atoms with E-state index in [0.29, 0.717) is 22.3 Å². The van der Waals surface area contributed by atoms with E-state index < -0.39 is 24.0 Å². The summed E-state index contributed by atoms with van der Waals surface area (Å²) in [5, 5.41) is 3.51. The van der Waals surface area contributed by atoms with Gasteiger partial charge >= 0.3 is 6.18 Å². The van der Waals surface area contributed by atoms with Gasteiger partial charge < -0.3 is 9.88 Å². The Bertz CT molecular complexity index is 1290. The van der Waals surface area contributed by atoms with Crippen molar-refractivity contribution in [1.82, 2.24) is 14.5 Å². The standard InChI is InChI=1S/C23H20F4N4O/c1-4-19(16-6-5-7-18(12(16)2)23(25,26)27)30-22-17-11-31(15-8-14(24)9-15)21(32)10-20(17)28-13(3)29-22/h1,5-7,10-11,14-15,19H,8-9H2,2-3H3,(H,28,29,30)/t14?,15?,19-/m1/s1. The second-order valence-corrected chi connectivity index (χ2v) is 7.92. The molecule has 1 N–H and O–H groups in total. The van der Waals surface area contributed by atoms with Crippen LogP contribution in [0.3, 0.4) is 0 Å². The third-order valence-electron chi connectivity index (χ3n) is 5.76. The molecule has 9 heteroatoms. The van der Waals surface area contributed by atoms with E-state index in [2.05, 4.69) is 21.2 Å². The van der Waals surface area contributed by atoms with Gasteiger partial charge in [-0.15, -0.1) is 6.42 Å². The SMILES string of the molecule is C#C[C@@H](Nc1nc(C)nc2cc(=O)n(C3CC(F)C3)cc12)c1cccc(C(F)(F)F)c1C. The molecule has 1 aromatic carbocycles. The molecule has 0 saturated heterocycles. The zero-order valence-electron chi connectivity index (χ0n) is 17.4. The first-order valence-electron chi connectivity index (χ1n) is 10.0. The molecule has 3 aromatic rings. The van der Waals surface area contributed by atoms with E-state index >= 15 is 0 Å². The lowest BCUT2D eigenvalue weighted by molar-refractivity contribution is -0.138. The summed E-state index contributed by atoms with van der Waals surface area (Å²) in [7, 11) is 0. The third-order valence-corrected chi connectivity index (χ3v) is 5.76. The molecule has 2 aromatic heterocycles. The molecule has 1 atom stereocenters. The Balaban J connectivity index is 1.79. The molecule has 1 saturated carbocycles. The Labute approximate surface area is 181 Å². The van der Waals surface area contributed by atoms with Gasteiger partial charge in [0.2, 0.25) is 0 Å². The van der Waals surface area contributed by atoms with E-state index in [0.717, 1.165) is 6.07 Å². The van der Waals surface area contributed by atoms with Gasteiger partial charge in [0.15, 0.2) is 0 Å². The predicted molar refractivity (Wildman–Crippen MR) is 113 cm³/mol. The van der Waals surface area contributed by atoms with Crippen molar-refractivity contribution < 1.29 is 17.6 Å². The molecule has 0 unspecified atom stereocenters. The number of hydrogen-bond acceptors (Lipinski definition) is 4. The van der Waals surface area contributed by atoms with E-state index in [1.807, 2.05) is 0 Å². The number of rotatable bonds is 4. The zero-order chi connectivity index (χ0) is 23.2. The number of anilines is 1. The number of nitrogens with one attached hydrogen (secondary N) is 1. The van der Waals surface area contributed by atoms with Gasteiger partial charge in [-0.2, -0.15) is 13.2 Å². The van der Waals surface area contributed by atoms with Gasteiger partial charge in [0.25, 0.3) is 5.56 Å². The summed E-state index contributed by atoms with van der Waals surface area (Å²) in [6.45, 7) is 3.01. The van der Waals surface area contributed by atoms with Crippen molar-refractivity contribution in [3.63, 3.8) is 0 Å². The maximum atomic E-state index is 13.4. The van der Waals surface area contributed by atoms with E-state index in [-0.39, 0.29) is 35.8 Å². The maximum Gasteiger partial charge on any atom is 0.416 e. The van der Waals surface area contributed by atoms with Crippen LogP contribution in [0.25, 0.3) is 10.9 Å². The summed E-state index contributed by atoms with van der Waals surface area (Å²) in [6, 6.07) is 4.03. The predicted octanol–water partition coefficient (Wildman–Crippen LogP) is 4.89.